The minimum absolute atomic E-state index is 0.0458. The summed E-state index contributed by atoms with van der Waals surface area (Å²) >= 11 is 0. The van der Waals surface area contributed by atoms with Crippen LogP contribution in [0.1, 0.15) is 36.8 Å². The maximum atomic E-state index is 14.3. The average molecular weight is 444 g/mol. The lowest BCUT2D eigenvalue weighted by atomic mass is 9.85. The Labute approximate surface area is 174 Å². The SMILES string of the molecule is O=C(O)CCc1cc(F)c(OCC2=C(c3ccc(F)cc3F)CCC(F)(F)C2)c(F)c1. The van der Waals surface area contributed by atoms with Gasteiger partial charge in [0.05, 0.1) is 0 Å². The molecule has 0 atom stereocenters. The van der Waals surface area contributed by atoms with Crippen LogP contribution in [0.3, 0.4) is 0 Å². The Morgan fingerprint density at radius 3 is 2.32 bits per heavy atom. The van der Waals surface area contributed by atoms with Crippen molar-refractivity contribution >= 4 is 11.5 Å². The lowest BCUT2D eigenvalue weighted by molar-refractivity contribution is -0.136. The van der Waals surface area contributed by atoms with Crippen LogP contribution in [0.2, 0.25) is 0 Å². The maximum Gasteiger partial charge on any atom is 0.303 e. The highest BCUT2D eigenvalue weighted by Crippen LogP contribution is 2.42. The van der Waals surface area contributed by atoms with Crippen LogP contribution in [0.4, 0.5) is 26.3 Å². The number of ether oxygens (including phenoxy) is 1. The number of hydrogen-bond donors (Lipinski definition) is 1. The van der Waals surface area contributed by atoms with Gasteiger partial charge in [0.1, 0.15) is 18.2 Å². The predicted octanol–water partition coefficient (Wildman–Crippen LogP) is 5.91. The molecule has 1 N–H and O–H groups in total. The summed E-state index contributed by atoms with van der Waals surface area (Å²) in [5.41, 5.74) is 0.167. The molecule has 0 saturated heterocycles. The van der Waals surface area contributed by atoms with Gasteiger partial charge in [-0.25, -0.2) is 26.3 Å². The Morgan fingerprint density at radius 1 is 1.03 bits per heavy atom. The van der Waals surface area contributed by atoms with Crippen molar-refractivity contribution in [3.8, 4) is 5.75 Å². The van der Waals surface area contributed by atoms with E-state index in [4.69, 9.17) is 9.84 Å². The van der Waals surface area contributed by atoms with E-state index in [9.17, 15) is 31.1 Å². The molecule has 0 unspecified atom stereocenters. The van der Waals surface area contributed by atoms with Crippen LogP contribution < -0.4 is 4.74 Å². The molecule has 2 aromatic rings. The van der Waals surface area contributed by atoms with Gasteiger partial charge in [0.2, 0.25) is 0 Å². The van der Waals surface area contributed by atoms with Crippen molar-refractivity contribution in [3.05, 3.63) is 70.3 Å². The predicted molar refractivity (Wildman–Crippen MR) is 99.9 cm³/mol. The van der Waals surface area contributed by atoms with Gasteiger partial charge in [-0.1, -0.05) is 0 Å². The number of rotatable bonds is 7. The first-order chi connectivity index (χ1) is 14.6. The molecule has 0 spiro atoms. The first-order valence-corrected chi connectivity index (χ1v) is 9.42. The second-order valence-electron chi connectivity index (χ2n) is 7.31. The zero-order chi connectivity index (χ0) is 22.8. The molecule has 2 aromatic carbocycles. The van der Waals surface area contributed by atoms with Crippen LogP contribution in [0, 0.1) is 23.3 Å². The highest BCUT2D eigenvalue weighted by atomic mass is 19.3. The third-order valence-corrected chi connectivity index (χ3v) is 4.97. The number of aliphatic carboxylic acids is 1. The molecule has 0 amide bonds. The fourth-order valence-corrected chi connectivity index (χ4v) is 3.49. The smallest absolute Gasteiger partial charge is 0.303 e. The molecular formula is C22H18F6O3. The molecule has 1 aliphatic rings. The van der Waals surface area contributed by atoms with Crippen molar-refractivity contribution in [2.45, 2.75) is 38.0 Å². The van der Waals surface area contributed by atoms with E-state index in [2.05, 4.69) is 0 Å². The molecule has 0 fully saturated rings. The monoisotopic (exact) mass is 444 g/mol. The van der Waals surface area contributed by atoms with Crippen LogP contribution in [0.15, 0.2) is 35.9 Å². The topological polar surface area (TPSA) is 46.5 Å². The van der Waals surface area contributed by atoms with Crippen molar-refractivity contribution in [1.29, 1.82) is 0 Å². The third kappa shape index (κ3) is 5.59. The minimum atomic E-state index is -3.10. The molecule has 3 nitrogen and oxygen atoms in total. The number of carboxylic acids is 1. The van der Waals surface area contributed by atoms with Gasteiger partial charge < -0.3 is 9.84 Å². The Hall–Kier alpha value is -2.97. The largest absolute Gasteiger partial charge is 0.483 e. The number of halogens is 6. The van der Waals surface area contributed by atoms with Crippen molar-refractivity contribution < 1.29 is 41.0 Å². The number of benzene rings is 2. The summed E-state index contributed by atoms with van der Waals surface area (Å²) in [6.45, 7) is -0.621. The zero-order valence-electron chi connectivity index (χ0n) is 16.2. The summed E-state index contributed by atoms with van der Waals surface area (Å²) in [7, 11) is 0. The molecule has 1 aliphatic carbocycles. The van der Waals surface area contributed by atoms with Gasteiger partial charge in [0.15, 0.2) is 17.4 Å². The molecule has 166 valence electrons. The van der Waals surface area contributed by atoms with Crippen molar-refractivity contribution in [2.24, 2.45) is 0 Å². The first kappa shape index (κ1) is 22.7. The summed E-state index contributed by atoms with van der Waals surface area (Å²) in [5, 5.41) is 8.67. The molecule has 0 aliphatic heterocycles. The van der Waals surface area contributed by atoms with Gasteiger partial charge in [-0.3, -0.25) is 4.79 Å². The number of hydrogen-bond acceptors (Lipinski definition) is 2. The number of carbonyl (C=O) groups is 1. The van der Waals surface area contributed by atoms with Crippen LogP contribution >= 0.6 is 0 Å². The van der Waals surface area contributed by atoms with Crippen LogP contribution in [0.25, 0.3) is 5.57 Å². The molecule has 0 bridgehead atoms. The van der Waals surface area contributed by atoms with Gasteiger partial charge in [-0.15, -0.1) is 0 Å². The van der Waals surface area contributed by atoms with E-state index in [-0.39, 0.29) is 41.5 Å². The van der Waals surface area contributed by atoms with Crippen LogP contribution in [0.5, 0.6) is 5.75 Å². The normalized spacial score (nSPS) is 15.8. The number of allylic oxidation sites excluding steroid dienone is 1. The first-order valence-electron chi connectivity index (χ1n) is 9.42. The standard InChI is InChI=1S/C22H18F6O3/c23-14-2-3-16(17(24)9-14)15-5-6-22(27,28)10-13(15)11-31-21-18(25)7-12(8-19(21)26)1-4-20(29)30/h2-3,7-9H,1,4-6,10-11H2,(H,29,30). The Morgan fingerprint density at radius 2 is 1.71 bits per heavy atom. The summed E-state index contributed by atoms with van der Waals surface area (Å²) in [6.07, 6.45) is -1.99. The molecule has 0 aromatic heterocycles. The van der Waals surface area contributed by atoms with E-state index in [1.165, 1.54) is 0 Å². The molecule has 0 saturated carbocycles. The quantitative estimate of drug-likeness (QED) is 0.540. The van der Waals surface area contributed by atoms with Gasteiger partial charge in [0.25, 0.3) is 5.92 Å². The van der Waals surface area contributed by atoms with Crippen molar-refractivity contribution in [2.75, 3.05) is 6.61 Å². The molecular weight excluding hydrogens is 426 g/mol. The van der Waals surface area contributed by atoms with Gasteiger partial charge in [-0.05, 0) is 53.8 Å². The molecule has 3 rings (SSSR count). The maximum absolute atomic E-state index is 14.3. The number of aryl methyl sites for hydroxylation is 1. The highest BCUT2D eigenvalue weighted by Gasteiger charge is 2.36. The molecule has 0 heterocycles. The van der Waals surface area contributed by atoms with E-state index in [1.54, 1.807) is 0 Å². The molecule has 9 heteroatoms. The second kappa shape index (κ2) is 9.03. The Kier molecular flexibility index (Phi) is 6.62. The highest BCUT2D eigenvalue weighted by molar-refractivity contribution is 5.70. The van der Waals surface area contributed by atoms with Gasteiger partial charge >= 0.3 is 5.97 Å². The van der Waals surface area contributed by atoms with Crippen LogP contribution in [-0.2, 0) is 11.2 Å². The van der Waals surface area contributed by atoms with Gasteiger partial charge in [-0.2, -0.15) is 0 Å². The van der Waals surface area contributed by atoms with E-state index in [0.29, 0.717) is 6.07 Å². The molecule has 0 radical (unpaired) electrons. The average Bonchev–Trinajstić information content (AvgIpc) is 2.66. The zero-order valence-corrected chi connectivity index (χ0v) is 16.2. The summed E-state index contributed by atoms with van der Waals surface area (Å²) in [6, 6.07) is 4.56. The number of carboxylic acid groups (broad SMARTS) is 1. The van der Waals surface area contributed by atoms with E-state index in [1.807, 2.05) is 0 Å². The van der Waals surface area contributed by atoms with Crippen molar-refractivity contribution in [3.63, 3.8) is 0 Å². The minimum Gasteiger partial charge on any atom is -0.483 e. The Bertz CT molecular complexity index is 1010. The summed E-state index contributed by atoms with van der Waals surface area (Å²) in [5.74, 6) is -9.02. The summed E-state index contributed by atoms with van der Waals surface area (Å²) in [4.78, 5) is 10.6. The lowest BCUT2D eigenvalue weighted by Gasteiger charge is -2.28. The fraction of sp³-hybridized carbons (Fsp3) is 0.318. The van der Waals surface area contributed by atoms with Gasteiger partial charge in [0, 0.05) is 30.9 Å². The van der Waals surface area contributed by atoms with Crippen molar-refractivity contribution in [1.82, 2.24) is 0 Å². The van der Waals surface area contributed by atoms with Crippen LogP contribution in [-0.4, -0.2) is 23.6 Å². The number of alkyl halides is 2. The van der Waals surface area contributed by atoms with E-state index >= 15 is 0 Å². The summed E-state index contributed by atoms with van der Waals surface area (Å²) < 4.78 is 89.0. The molecule has 31 heavy (non-hydrogen) atoms. The van der Waals surface area contributed by atoms with E-state index < -0.39 is 60.4 Å². The Balaban J connectivity index is 1.88. The lowest BCUT2D eigenvalue weighted by Crippen LogP contribution is -2.25. The fourth-order valence-electron chi connectivity index (χ4n) is 3.49. The third-order valence-electron chi connectivity index (χ3n) is 4.97. The van der Waals surface area contributed by atoms with E-state index in [0.717, 1.165) is 24.3 Å². The second-order valence-corrected chi connectivity index (χ2v) is 7.31.